The topological polar surface area (TPSA) is 47.3 Å². The Labute approximate surface area is 78.1 Å². The van der Waals surface area contributed by atoms with Crippen molar-refractivity contribution in [2.75, 3.05) is 13.2 Å². The minimum atomic E-state index is -0.555. The summed E-state index contributed by atoms with van der Waals surface area (Å²) < 4.78 is 6.89. The Bertz CT molecular complexity index is 248. The maximum Gasteiger partial charge on any atom is 0.105 e. The molecule has 13 heavy (non-hydrogen) atoms. The summed E-state index contributed by atoms with van der Waals surface area (Å²) in [6.45, 7) is 5.69. The highest BCUT2D eigenvalue weighted by Gasteiger charge is 2.08. The zero-order valence-electron chi connectivity index (χ0n) is 8.10. The summed E-state index contributed by atoms with van der Waals surface area (Å²) in [7, 11) is 0. The minimum absolute atomic E-state index is 0.339. The molecule has 1 atom stereocenters. The maximum absolute atomic E-state index is 9.58. The van der Waals surface area contributed by atoms with Crippen LogP contribution in [0.3, 0.4) is 0 Å². The van der Waals surface area contributed by atoms with Crippen molar-refractivity contribution in [2.24, 2.45) is 0 Å². The first-order chi connectivity index (χ1) is 6.27. The van der Waals surface area contributed by atoms with Gasteiger partial charge in [0.2, 0.25) is 0 Å². The van der Waals surface area contributed by atoms with Gasteiger partial charge in [-0.25, -0.2) is 0 Å². The highest BCUT2D eigenvalue weighted by Crippen LogP contribution is 2.11. The predicted molar refractivity (Wildman–Crippen MR) is 49.4 cm³/mol. The Morgan fingerprint density at radius 1 is 1.62 bits per heavy atom. The van der Waals surface area contributed by atoms with E-state index in [0.29, 0.717) is 13.2 Å². The standard InChI is InChI=1S/C9H16N2O2/c1-3-11-6-8(5-10-11)9(12)7-13-4-2/h5-6,9,12H,3-4,7H2,1-2H3. The summed E-state index contributed by atoms with van der Waals surface area (Å²) in [5.74, 6) is 0. The van der Waals surface area contributed by atoms with Crippen LogP contribution in [0.15, 0.2) is 12.4 Å². The molecule has 0 saturated heterocycles. The van der Waals surface area contributed by atoms with Gasteiger partial charge in [0.15, 0.2) is 0 Å². The summed E-state index contributed by atoms with van der Waals surface area (Å²) in [5, 5.41) is 13.6. The highest BCUT2D eigenvalue weighted by molar-refractivity contribution is 5.07. The van der Waals surface area contributed by atoms with Crippen LogP contribution in [0.2, 0.25) is 0 Å². The molecule has 0 aliphatic carbocycles. The van der Waals surface area contributed by atoms with Crippen LogP contribution in [-0.2, 0) is 11.3 Å². The van der Waals surface area contributed by atoms with Gasteiger partial charge in [-0.15, -0.1) is 0 Å². The van der Waals surface area contributed by atoms with Gasteiger partial charge in [0.1, 0.15) is 6.10 Å². The van der Waals surface area contributed by atoms with Crippen molar-refractivity contribution in [3.8, 4) is 0 Å². The van der Waals surface area contributed by atoms with Crippen LogP contribution in [0.4, 0.5) is 0 Å². The number of hydrogen-bond donors (Lipinski definition) is 1. The van der Waals surface area contributed by atoms with E-state index < -0.39 is 6.10 Å². The Hall–Kier alpha value is -0.870. The van der Waals surface area contributed by atoms with Gasteiger partial charge in [0.25, 0.3) is 0 Å². The third-order valence-electron chi connectivity index (χ3n) is 1.84. The van der Waals surface area contributed by atoms with E-state index >= 15 is 0 Å². The summed E-state index contributed by atoms with van der Waals surface area (Å²) in [6.07, 6.45) is 2.96. The smallest absolute Gasteiger partial charge is 0.105 e. The molecule has 74 valence electrons. The van der Waals surface area contributed by atoms with Crippen molar-refractivity contribution in [2.45, 2.75) is 26.5 Å². The lowest BCUT2D eigenvalue weighted by atomic mass is 10.2. The average Bonchev–Trinajstić information content (AvgIpc) is 2.62. The van der Waals surface area contributed by atoms with Gasteiger partial charge >= 0.3 is 0 Å². The number of nitrogens with zero attached hydrogens (tertiary/aromatic N) is 2. The van der Waals surface area contributed by atoms with Gasteiger partial charge in [0, 0.05) is 24.9 Å². The fraction of sp³-hybridized carbons (Fsp3) is 0.667. The molecule has 1 N–H and O–H groups in total. The van der Waals surface area contributed by atoms with E-state index in [9.17, 15) is 5.11 Å². The zero-order valence-corrected chi connectivity index (χ0v) is 8.10. The third-order valence-corrected chi connectivity index (χ3v) is 1.84. The summed E-state index contributed by atoms with van der Waals surface area (Å²) in [5.41, 5.74) is 0.815. The van der Waals surface area contributed by atoms with Crippen LogP contribution in [0.25, 0.3) is 0 Å². The highest BCUT2D eigenvalue weighted by atomic mass is 16.5. The molecule has 0 amide bonds. The Morgan fingerprint density at radius 2 is 2.38 bits per heavy atom. The van der Waals surface area contributed by atoms with E-state index in [-0.39, 0.29) is 0 Å². The number of ether oxygens (including phenoxy) is 1. The first kappa shape index (κ1) is 10.2. The lowest BCUT2D eigenvalue weighted by Gasteiger charge is -2.07. The van der Waals surface area contributed by atoms with Crippen LogP contribution in [0.5, 0.6) is 0 Å². The van der Waals surface area contributed by atoms with Crippen molar-refractivity contribution >= 4 is 0 Å². The van der Waals surface area contributed by atoms with Gasteiger partial charge in [-0.2, -0.15) is 5.10 Å². The molecule has 1 unspecified atom stereocenters. The van der Waals surface area contributed by atoms with Crippen molar-refractivity contribution < 1.29 is 9.84 Å². The SMILES string of the molecule is CCOCC(O)c1cnn(CC)c1. The van der Waals surface area contributed by atoms with Gasteiger partial charge in [-0.05, 0) is 13.8 Å². The molecular weight excluding hydrogens is 168 g/mol. The van der Waals surface area contributed by atoms with Gasteiger partial charge < -0.3 is 9.84 Å². The number of aliphatic hydroxyl groups excluding tert-OH is 1. The zero-order chi connectivity index (χ0) is 9.68. The van der Waals surface area contributed by atoms with E-state index in [1.165, 1.54) is 0 Å². The average molecular weight is 184 g/mol. The summed E-state index contributed by atoms with van der Waals surface area (Å²) in [4.78, 5) is 0. The quantitative estimate of drug-likeness (QED) is 0.741. The van der Waals surface area contributed by atoms with Gasteiger partial charge in [0.05, 0.1) is 12.8 Å². The van der Waals surface area contributed by atoms with E-state index in [0.717, 1.165) is 12.1 Å². The molecule has 1 aromatic rings. The molecule has 0 bridgehead atoms. The van der Waals surface area contributed by atoms with Crippen LogP contribution in [-0.4, -0.2) is 28.1 Å². The monoisotopic (exact) mass is 184 g/mol. The van der Waals surface area contributed by atoms with Crippen molar-refractivity contribution in [3.05, 3.63) is 18.0 Å². The van der Waals surface area contributed by atoms with E-state index in [4.69, 9.17) is 4.74 Å². The van der Waals surface area contributed by atoms with E-state index in [2.05, 4.69) is 5.10 Å². The molecule has 1 rings (SSSR count). The molecule has 0 radical (unpaired) electrons. The first-order valence-corrected chi connectivity index (χ1v) is 4.56. The van der Waals surface area contributed by atoms with E-state index in [1.54, 1.807) is 10.9 Å². The Kier molecular flexibility index (Phi) is 3.92. The Morgan fingerprint density at radius 3 is 2.92 bits per heavy atom. The number of aromatic nitrogens is 2. The van der Waals surface area contributed by atoms with Crippen molar-refractivity contribution in [1.82, 2.24) is 9.78 Å². The first-order valence-electron chi connectivity index (χ1n) is 4.56. The summed E-state index contributed by atoms with van der Waals surface area (Å²) >= 11 is 0. The number of rotatable bonds is 5. The third kappa shape index (κ3) is 2.82. The Balaban J connectivity index is 2.50. The van der Waals surface area contributed by atoms with Crippen LogP contribution >= 0.6 is 0 Å². The second-order valence-electron chi connectivity index (χ2n) is 2.80. The fourth-order valence-corrected chi connectivity index (χ4v) is 1.05. The van der Waals surface area contributed by atoms with Crippen LogP contribution in [0, 0.1) is 0 Å². The second kappa shape index (κ2) is 4.99. The second-order valence-corrected chi connectivity index (χ2v) is 2.80. The fourth-order valence-electron chi connectivity index (χ4n) is 1.05. The molecule has 0 spiro atoms. The number of hydrogen-bond acceptors (Lipinski definition) is 3. The summed E-state index contributed by atoms with van der Waals surface area (Å²) in [6, 6.07) is 0. The normalized spacial score (nSPS) is 13.2. The molecule has 1 heterocycles. The molecule has 0 aliphatic rings. The van der Waals surface area contributed by atoms with Crippen molar-refractivity contribution in [3.63, 3.8) is 0 Å². The molecule has 4 nitrogen and oxygen atoms in total. The lowest BCUT2D eigenvalue weighted by molar-refractivity contribution is 0.0420. The van der Waals surface area contributed by atoms with Crippen LogP contribution < -0.4 is 0 Å². The molecule has 4 heteroatoms. The molecule has 0 fully saturated rings. The number of aryl methyl sites for hydroxylation is 1. The van der Waals surface area contributed by atoms with Crippen molar-refractivity contribution in [1.29, 1.82) is 0 Å². The van der Waals surface area contributed by atoms with Gasteiger partial charge in [-0.3, -0.25) is 4.68 Å². The van der Waals surface area contributed by atoms with E-state index in [1.807, 2.05) is 20.0 Å². The molecule has 0 saturated carbocycles. The minimum Gasteiger partial charge on any atom is -0.386 e. The maximum atomic E-state index is 9.58. The lowest BCUT2D eigenvalue weighted by Crippen LogP contribution is -2.06. The molecular formula is C9H16N2O2. The number of aliphatic hydroxyl groups is 1. The molecule has 0 aromatic carbocycles. The van der Waals surface area contributed by atoms with Gasteiger partial charge in [-0.1, -0.05) is 0 Å². The van der Waals surface area contributed by atoms with Crippen LogP contribution in [0.1, 0.15) is 25.5 Å². The predicted octanol–water partition coefficient (Wildman–Crippen LogP) is 0.973. The largest absolute Gasteiger partial charge is 0.386 e. The molecule has 0 aliphatic heterocycles. The molecule has 1 aromatic heterocycles.